The number of rotatable bonds is 7. The van der Waals surface area contributed by atoms with E-state index in [1.165, 1.54) is 6.07 Å². The van der Waals surface area contributed by atoms with Crippen molar-refractivity contribution in [2.45, 2.75) is 59.5 Å². The zero-order valence-corrected chi connectivity index (χ0v) is 22.7. The lowest BCUT2D eigenvalue weighted by Crippen LogP contribution is -2.27. The molecule has 2 amide bonds. The van der Waals surface area contributed by atoms with Crippen molar-refractivity contribution in [2.75, 3.05) is 10.6 Å². The zero-order chi connectivity index (χ0) is 27.3. The van der Waals surface area contributed by atoms with Crippen molar-refractivity contribution in [3.63, 3.8) is 0 Å². The Kier molecular flexibility index (Phi) is 8.71. The molecule has 3 aromatic rings. The third-order valence-electron chi connectivity index (χ3n) is 5.43. The van der Waals surface area contributed by atoms with Crippen LogP contribution in [0.3, 0.4) is 0 Å². The number of amides is 2. The first-order chi connectivity index (χ1) is 17.3. The highest BCUT2D eigenvalue weighted by Gasteiger charge is 2.20. The molecular weight excluding hydrogens is 490 g/mol. The van der Waals surface area contributed by atoms with E-state index in [9.17, 15) is 14.4 Å². The quantitative estimate of drug-likeness (QED) is 0.249. The minimum Gasteiger partial charge on any atom is -0.444 e. The van der Waals surface area contributed by atoms with Crippen LogP contribution in [-0.4, -0.2) is 28.4 Å². The van der Waals surface area contributed by atoms with Gasteiger partial charge in [-0.25, -0.2) is 4.79 Å². The van der Waals surface area contributed by atoms with Crippen molar-refractivity contribution < 1.29 is 19.1 Å². The van der Waals surface area contributed by atoms with E-state index in [2.05, 4.69) is 29.5 Å². The van der Waals surface area contributed by atoms with Gasteiger partial charge >= 0.3 is 6.09 Å². The van der Waals surface area contributed by atoms with Crippen LogP contribution in [0.1, 0.15) is 68.6 Å². The number of anilines is 2. The first-order valence-corrected chi connectivity index (χ1v) is 12.4. The van der Waals surface area contributed by atoms with Crippen LogP contribution in [0.2, 0.25) is 5.02 Å². The standard InChI is InChI=1S/C29H32ClN3O4/c1-17(2)23-11-10-21(16-31-23)19-8-7-9-20(13-19)26(34)15-27(35)32-25-14-22(30)18(3)12-24(25)33-28(36)37-29(4,5)6/h7-14,16-17H,15H2,1-6H3,(H,32,35)(H,33,36). The van der Waals surface area contributed by atoms with Crippen LogP contribution in [0.4, 0.5) is 16.2 Å². The number of ketones is 1. The van der Waals surface area contributed by atoms with Gasteiger partial charge in [-0.3, -0.25) is 19.9 Å². The summed E-state index contributed by atoms with van der Waals surface area (Å²) in [6, 6.07) is 14.2. The minimum atomic E-state index is -0.692. The number of benzene rings is 2. The molecular formula is C29H32ClN3O4. The zero-order valence-electron chi connectivity index (χ0n) is 21.9. The fourth-order valence-electron chi connectivity index (χ4n) is 3.53. The van der Waals surface area contributed by atoms with E-state index in [0.717, 1.165) is 16.8 Å². The Morgan fingerprint density at radius 3 is 2.30 bits per heavy atom. The molecule has 0 aliphatic rings. The summed E-state index contributed by atoms with van der Waals surface area (Å²) in [6.45, 7) is 11.2. The molecule has 2 N–H and O–H groups in total. The topological polar surface area (TPSA) is 97.4 Å². The number of nitrogens with one attached hydrogen (secondary N) is 2. The monoisotopic (exact) mass is 521 g/mol. The summed E-state index contributed by atoms with van der Waals surface area (Å²) in [6.07, 6.45) is 0.727. The van der Waals surface area contributed by atoms with E-state index in [1.54, 1.807) is 58.2 Å². The molecule has 0 saturated carbocycles. The molecule has 3 rings (SSSR count). The van der Waals surface area contributed by atoms with Gasteiger partial charge in [0.1, 0.15) is 5.60 Å². The normalized spacial score (nSPS) is 11.2. The Balaban J connectivity index is 1.73. The molecule has 0 fully saturated rings. The van der Waals surface area contributed by atoms with Crippen LogP contribution in [0.15, 0.2) is 54.7 Å². The van der Waals surface area contributed by atoms with Gasteiger partial charge in [-0.2, -0.15) is 0 Å². The van der Waals surface area contributed by atoms with Crippen molar-refractivity contribution >= 4 is 40.8 Å². The second-order valence-corrected chi connectivity index (χ2v) is 10.5. The molecule has 0 aliphatic heterocycles. The molecule has 37 heavy (non-hydrogen) atoms. The number of hydrogen-bond acceptors (Lipinski definition) is 5. The number of halogens is 1. The van der Waals surface area contributed by atoms with Crippen LogP contribution in [0.5, 0.6) is 0 Å². The predicted octanol–water partition coefficient (Wildman–Crippen LogP) is 7.39. The molecule has 0 atom stereocenters. The van der Waals surface area contributed by atoms with Crippen molar-refractivity contribution in [3.8, 4) is 11.1 Å². The van der Waals surface area contributed by atoms with Gasteiger partial charge in [0.05, 0.1) is 17.8 Å². The second kappa shape index (κ2) is 11.6. The molecule has 0 radical (unpaired) electrons. The average Bonchev–Trinajstić information content (AvgIpc) is 2.81. The van der Waals surface area contributed by atoms with Crippen LogP contribution in [0, 0.1) is 6.92 Å². The smallest absolute Gasteiger partial charge is 0.412 e. The molecule has 2 aromatic carbocycles. The number of hydrogen-bond donors (Lipinski definition) is 2. The summed E-state index contributed by atoms with van der Waals surface area (Å²) >= 11 is 6.25. The van der Waals surface area contributed by atoms with Gasteiger partial charge in [0.15, 0.2) is 5.78 Å². The summed E-state index contributed by atoms with van der Waals surface area (Å²) in [7, 11) is 0. The van der Waals surface area contributed by atoms with Gasteiger partial charge in [0.25, 0.3) is 0 Å². The number of carbonyl (C=O) groups is 3. The van der Waals surface area contributed by atoms with E-state index in [1.807, 2.05) is 18.2 Å². The van der Waals surface area contributed by atoms with E-state index in [0.29, 0.717) is 27.8 Å². The van der Waals surface area contributed by atoms with Gasteiger partial charge in [0.2, 0.25) is 5.91 Å². The summed E-state index contributed by atoms with van der Waals surface area (Å²) in [5, 5.41) is 5.73. The first-order valence-electron chi connectivity index (χ1n) is 12.0. The lowest BCUT2D eigenvalue weighted by molar-refractivity contribution is -0.115. The molecule has 0 spiro atoms. The minimum absolute atomic E-state index is 0.268. The summed E-state index contributed by atoms with van der Waals surface area (Å²) < 4.78 is 5.31. The molecule has 1 heterocycles. The van der Waals surface area contributed by atoms with Gasteiger partial charge in [-0.1, -0.05) is 49.7 Å². The van der Waals surface area contributed by atoms with E-state index < -0.39 is 17.6 Å². The van der Waals surface area contributed by atoms with Crippen LogP contribution >= 0.6 is 11.6 Å². The number of carbonyl (C=O) groups excluding carboxylic acids is 3. The third kappa shape index (κ3) is 7.89. The van der Waals surface area contributed by atoms with E-state index in [-0.39, 0.29) is 17.9 Å². The Labute approximate surface area is 222 Å². The molecule has 0 unspecified atom stereocenters. The number of pyridine rings is 1. The van der Waals surface area contributed by atoms with E-state index >= 15 is 0 Å². The molecule has 194 valence electrons. The number of aryl methyl sites for hydroxylation is 1. The maximum absolute atomic E-state index is 12.9. The SMILES string of the molecule is Cc1cc(NC(=O)OC(C)(C)C)c(NC(=O)CC(=O)c2cccc(-c3ccc(C(C)C)nc3)c2)cc1Cl. The summed E-state index contributed by atoms with van der Waals surface area (Å²) in [5.41, 5.74) is 3.72. The van der Waals surface area contributed by atoms with E-state index in [4.69, 9.17) is 16.3 Å². The lowest BCUT2D eigenvalue weighted by atomic mass is 10.00. The predicted molar refractivity (Wildman–Crippen MR) is 147 cm³/mol. The third-order valence-corrected chi connectivity index (χ3v) is 5.83. The van der Waals surface area contributed by atoms with Gasteiger partial charge in [-0.15, -0.1) is 0 Å². The van der Waals surface area contributed by atoms with Crippen LogP contribution < -0.4 is 10.6 Å². The molecule has 1 aromatic heterocycles. The van der Waals surface area contributed by atoms with Gasteiger partial charge in [-0.05, 0) is 69.0 Å². The highest BCUT2D eigenvalue weighted by atomic mass is 35.5. The van der Waals surface area contributed by atoms with Gasteiger partial charge in [0, 0.05) is 28.0 Å². The van der Waals surface area contributed by atoms with Crippen molar-refractivity contribution in [2.24, 2.45) is 0 Å². The largest absolute Gasteiger partial charge is 0.444 e. The maximum Gasteiger partial charge on any atom is 0.412 e. The highest BCUT2D eigenvalue weighted by molar-refractivity contribution is 6.32. The second-order valence-electron chi connectivity index (χ2n) is 10.1. The number of nitrogens with zero attached hydrogens (tertiary/aromatic N) is 1. The first kappa shape index (κ1) is 27.9. The maximum atomic E-state index is 12.9. The van der Waals surface area contributed by atoms with Crippen molar-refractivity contribution in [3.05, 3.63) is 76.6 Å². The fourth-order valence-corrected chi connectivity index (χ4v) is 3.70. The lowest BCUT2D eigenvalue weighted by Gasteiger charge is -2.21. The van der Waals surface area contributed by atoms with Gasteiger partial charge < -0.3 is 10.1 Å². The van der Waals surface area contributed by atoms with Crippen LogP contribution in [-0.2, 0) is 9.53 Å². The summed E-state index contributed by atoms with van der Waals surface area (Å²) in [4.78, 5) is 42.5. The Bertz CT molecular complexity index is 1310. The summed E-state index contributed by atoms with van der Waals surface area (Å²) in [5.74, 6) is -0.555. The molecule has 8 heteroatoms. The Morgan fingerprint density at radius 2 is 1.68 bits per heavy atom. The van der Waals surface area contributed by atoms with Crippen molar-refractivity contribution in [1.82, 2.24) is 4.98 Å². The van der Waals surface area contributed by atoms with Crippen molar-refractivity contribution in [1.29, 1.82) is 0 Å². The Morgan fingerprint density at radius 1 is 0.973 bits per heavy atom. The Hall–Kier alpha value is -3.71. The molecule has 0 bridgehead atoms. The number of aromatic nitrogens is 1. The number of ether oxygens (including phenoxy) is 1. The molecule has 0 saturated heterocycles. The molecule has 7 nitrogen and oxygen atoms in total. The number of Topliss-reactive ketones (excluding diaryl/α,β-unsaturated/α-hetero) is 1. The van der Waals surface area contributed by atoms with Crippen LogP contribution in [0.25, 0.3) is 11.1 Å². The fraction of sp³-hybridized carbons (Fsp3) is 0.310. The highest BCUT2D eigenvalue weighted by Crippen LogP contribution is 2.30. The average molecular weight is 522 g/mol. The molecule has 0 aliphatic carbocycles.